The molecule has 0 saturated carbocycles. The third-order valence-electron chi connectivity index (χ3n) is 3.85. The molecule has 20 heavy (non-hydrogen) atoms. The summed E-state index contributed by atoms with van der Waals surface area (Å²) in [6.45, 7) is 3.71. The Morgan fingerprint density at radius 2 is 2.25 bits per heavy atom. The predicted molar refractivity (Wildman–Crippen MR) is 75.7 cm³/mol. The van der Waals surface area contributed by atoms with Gasteiger partial charge in [0, 0.05) is 12.6 Å². The van der Waals surface area contributed by atoms with Crippen molar-refractivity contribution in [3.8, 4) is 0 Å². The van der Waals surface area contributed by atoms with Crippen LogP contribution in [0.3, 0.4) is 0 Å². The minimum atomic E-state index is -0.767. The zero-order valence-electron chi connectivity index (χ0n) is 12.0. The molecule has 1 fully saturated rings. The lowest BCUT2D eigenvalue weighted by molar-refractivity contribution is 0.0996. The Morgan fingerprint density at radius 1 is 1.40 bits per heavy atom. The lowest BCUT2D eigenvalue weighted by Gasteiger charge is -2.20. The van der Waals surface area contributed by atoms with E-state index in [1.807, 2.05) is 6.92 Å². The quantitative estimate of drug-likeness (QED) is 0.827. The number of halogens is 2. The molecule has 1 saturated heterocycles. The Hall–Kier alpha value is -1.00. The normalized spacial score (nSPS) is 20.2. The fraction of sp³-hybridized carbons (Fsp3) is 0.625. The second-order valence-corrected chi connectivity index (χ2v) is 5.38. The van der Waals surface area contributed by atoms with Crippen LogP contribution in [0.2, 0.25) is 0 Å². The lowest BCUT2D eigenvalue weighted by atomic mass is 9.99. The highest BCUT2D eigenvalue weighted by atomic mass is 19.2. The van der Waals surface area contributed by atoms with E-state index in [1.54, 1.807) is 12.1 Å². The molecule has 2 atom stereocenters. The van der Waals surface area contributed by atoms with Crippen LogP contribution in [0, 0.1) is 11.6 Å². The van der Waals surface area contributed by atoms with E-state index in [1.165, 1.54) is 0 Å². The predicted octanol–water partition coefficient (Wildman–Crippen LogP) is 3.44. The smallest absolute Gasteiger partial charge is 0.162 e. The Morgan fingerprint density at radius 3 is 2.95 bits per heavy atom. The molecule has 0 aromatic heterocycles. The van der Waals surface area contributed by atoms with Gasteiger partial charge < -0.3 is 10.1 Å². The number of rotatable bonds is 7. The van der Waals surface area contributed by atoms with Gasteiger partial charge in [0.2, 0.25) is 0 Å². The van der Waals surface area contributed by atoms with E-state index < -0.39 is 11.6 Å². The molecule has 1 aliphatic heterocycles. The zero-order valence-corrected chi connectivity index (χ0v) is 12.0. The molecule has 2 rings (SSSR count). The SMILES string of the molecule is CCNC(CCC1CCCO1)Cc1cccc(F)c1F. The molecule has 0 amide bonds. The molecule has 1 aliphatic rings. The van der Waals surface area contributed by atoms with E-state index in [-0.39, 0.29) is 6.04 Å². The highest BCUT2D eigenvalue weighted by molar-refractivity contribution is 5.20. The monoisotopic (exact) mass is 283 g/mol. The van der Waals surface area contributed by atoms with Gasteiger partial charge in [-0.1, -0.05) is 19.1 Å². The average Bonchev–Trinajstić information content (AvgIpc) is 2.94. The summed E-state index contributed by atoms with van der Waals surface area (Å²) in [7, 11) is 0. The highest BCUT2D eigenvalue weighted by Crippen LogP contribution is 2.20. The molecule has 0 spiro atoms. The van der Waals surface area contributed by atoms with Crippen LogP contribution < -0.4 is 5.32 Å². The summed E-state index contributed by atoms with van der Waals surface area (Å²) in [6.07, 6.45) is 5.02. The van der Waals surface area contributed by atoms with Gasteiger partial charge in [-0.25, -0.2) is 8.78 Å². The summed E-state index contributed by atoms with van der Waals surface area (Å²) in [6, 6.07) is 4.56. The first kappa shape index (κ1) is 15.4. The number of ether oxygens (including phenoxy) is 1. The van der Waals surface area contributed by atoms with Crippen LogP contribution in [0.1, 0.15) is 38.2 Å². The first-order chi connectivity index (χ1) is 9.70. The largest absolute Gasteiger partial charge is 0.378 e. The van der Waals surface area contributed by atoms with Gasteiger partial charge in [0.1, 0.15) is 0 Å². The topological polar surface area (TPSA) is 21.3 Å². The molecule has 1 aromatic rings. The Labute approximate surface area is 119 Å². The van der Waals surface area contributed by atoms with Gasteiger partial charge in [-0.15, -0.1) is 0 Å². The van der Waals surface area contributed by atoms with Gasteiger partial charge in [-0.3, -0.25) is 0 Å². The van der Waals surface area contributed by atoms with E-state index in [4.69, 9.17) is 4.74 Å². The van der Waals surface area contributed by atoms with Crippen molar-refractivity contribution in [1.29, 1.82) is 0 Å². The molecular formula is C16H23F2NO. The van der Waals surface area contributed by atoms with Crippen LogP contribution in [0.25, 0.3) is 0 Å². The Balaban J connectivity index is 1.92. The lowest BCUT2D eigenvalue weighted by Crippen LogP contribution is -2.32. The van der Waals surface area contributed by atoms with Gasteiger partial charge in [0.05, 0.1) is 6.10 Å². The number of likely N-dealkylation sites (N-methyl/N-ethyl adjacent to an activating group) is 1. The fourth-order valence-electron chi connectivity index (χ4n) is 2.80. The van der Waals surface area contributed by atoms with Gasteiger partial charge in [0.15, 0.2) is 11.6 Å². The summed E-state index contributed by atoms with van der Waals surface area (Å²) in [5.41, 5.74) is 0.447. The van der Waals surface area contributed by atoms with Gasteiger partial charge in [-0.05, 0) is 50.3 Å². The molecule has 112 valence electrons. The summed E-state index contributed by atoms with van der Waals surface area (Å²) in [4.78, 5) is 0. The van der Waals surface area contributed by atoms with Crippen molar-refractivity contribution in [2.75, 3.05) is 13.2 Å². The Kier molecular flexibility index (Phi) is 5.92. The second kappa shape index (κ2) is 7.70. The van der Waals surface area contributed by atoms with Crippen molar-refractivity contribution in [2.24, 2.45) is 0 Å². The average molecular weight is 283 g/mol. The van der Waals surface area contributed by atoms with E-state index in [0.29, 0.717) is 18.1 Å². The van der Waals surface area contributed by atoms with Crippen molar-refractivity contribution >= 4 is 0 Å². The molecule has 2 nitrogen and oxygen atoms in total. The molecule has 0 bridgehead atoms. The van der Waals surface area contributed by atoms with Crippen LogP contribution in [0.5, 0.6) is 0 Å². The molecule has 1 N–H and O–H groups in total. The number of nitrogens with one attached hydrogen (secondary N) is 1. The first-order valence-corrected chi connectivity index (χ1v) is 7.48. The van der Waals surface area contributed by atoms with E-state index in [2.05, 4.69) is 5.32 Å². The number of benzene rings is 1. The highest BCUT2D eigenvalue weighted by Gasteiger charge is 2.19. The van der Waals surface area contributed by atoms with Crippen molar-refractivity contribution < 1.29 is 13.5 Å². The van der Waals surface area contributed by atoms with Crippen LogP contribution in [-0.2, 0) is 11.2 Å². The van der Waals surface area contributed by atoms with Crippen LogP contribution >= 0.6 is 0 Å². The molecule has 1 heterocycles. The van der Waals surface area contributed by atoms with Crippen molar-refractivity contribution in [1.82, 2.24) is 5.32 Å². The van der Waals surface area contributed by atoms with Crippen molar-refractivity contribution in [2.45, 2.75) is 51.2 Å². The van der Waals surface area contributed by atoms with E-state index >= 15 is 0 Å². The zero-order chi connectivity index (χ0) is 14.4. The maximum Gasteiger partial charge on any atom is 0.162 e. The molecule has 0 aliphatic carbocycles. The van der Waals surface area contributed by atoms with Gasteiger partial charge >= 0.3 is 0 Å². The Bertz CT molecular complexity index is 419. The summed E-state index contributed by atoms with van der Waals surface area (Å²) in [5.74, 6) is -1.48. The van der Waals surface area contributed by atoms with E-state index in [9.17, 15) is 8.78 Å². The molecule has 0 radical (unpaired) electrons. The fourth-order valence-corrected chi connectivity index (χ4v) is 2.80. The minimum absolute atomic E-state index is 0.167. The second-order valence-electron chi connectivity index (χ2n) is 5.38. The van der Waals surface area contributed by atoms with E-state index in [0.717, 1.165) is 44.9 Å². The third kappa shape index (κ3) is 4.25. The molecule has 1 aromatic carbocycles. The summed E-state index contributed by atoms with van der Waals surface area (Å²) < 4.78 is 32.6. The van der Waals surface area contributed by atoms with Crippen molar-refractivity contribution in [3.05, 3.63) is 35.4 Å². The molecular weight excluding hydrogens is 260 g/mol. The maximum atomic E-state index is 13.7. The van der Waals surface area contributed by atoms with Crippen LogP contribution in [-0.4, -0.2) is 25.3 Å². The minimum Gasteiger partial charge on any atom is -0.378 e. The van der Waals surface area contributed by atoms with Gasteiger partial charge in [0.25, 0.3) is 0 Å². The van der Waals surface area contributed by atoms with Crippen molar-refractivity contribution in [3.63, 3.8) is 0 Å². The first-order valence-electron chi connectivity index (χ1n) is 7.48. The summed E-state index contributed by atoms with van der Waals surface area (Å²) >= 11 is 0. The summed E-state index contributed by atoms with van der Waals surface area (Å²) in [5, 5.41) is 3.36. The third-order valence-corrected chi connectivity index (χ3v) is 3.85. The molecule has 2 unspecified atom stereocenters. The molecule has 4 heteroatoms. The van der Waals surface area contributed by atoms with Crippen LogP contribution in [0.15, 0.2) is 18.2 Å². The van der Waals surface area contributed by atoms with Gasteiger partial charge in [-0.2, -0.15) is 0 Å². The maximum absolute atomic E-state index is 13.7. The van der Waals surface area contributed by atoms with Crippen LogP contribution in [0.4, 0.5) is 8.78 Å². The standard InChI is InChI=1S/C16H23F2NO/c1-2-19-13(8-9-14-6-4-10-20-14)11-12-5-3-7-15(17)16(12)18/h3,5,7,13-14,19H,2,4,6,8-11H2,1H3. The number of hydrogen-bond donors (Lipinski definition) is 1. The number of hydrogen-bond acceptors (Lipinski definition) is 2.